The van der Waals surface area contributed by atoms with Crippen molar-refractivity contribution >= 4 is 23.6 Å². The Morgan fingerprint density at radius 3 is 2.59 bits per heavy atom. The number of carboxylic acid groups (broad SMARTS) is 1. The zero-order valence-corrected chi connectivity index (χ0v) is 11.1. The minimum absolute atomic E-state index is 0.0633. The van der Waals surface area contributed by atoms with Gasteiger partial charge in [0.25, 0.3) is 0 Å². The second-order valence-corrected chi connectivity index (χ2v) is 6.21. The van der Waals surface area contributed by atoms with Crippen LogP contribution in [0.15, 0.2) is 0 Å². The Kier molecular flexibility index (Phi) is 3.66. The molecule has 0 aromatic carbocycles. The van der Waals surface area contributed by atoms with Crippen molar-refractivity contribution in [3.63, 3.8) is 0 Å². The second-order valence-electron chi connectivity index (χ2n) is 5.00. The van der Waals surface area contributed by atoms with Crippen molar-refractivity contribution in [3.8, 4) is 0 Å². The lowest BCUT2D eigenvalue weighted by molar-refractivity contribution is -0.149. The van der Waals surface area contributed by atoms with Crippen molar-refractivity contribution in [2.45, 2.75) is 44.5 Å². The van der Waals surface area contributed by atoms with Crippen LogP contribution in [0.3, 0.4) is 0 Å². The van der Waals surface area contributed by atoms with E-state index in [4.69, 9.17) is 0 Å². The summed E-state index contributed by atoms with van der Waals surface area (Å²) in [5, 5.41) is 9.25. The average molecular weight is 257 g/mol. The van der Waals surface area contributed by atoms with E-state index in [1.54, 1.807) is 16.7 Å². The van der Waals surface area contributed by atoms with E-state index >= 15 is 0 Å². The van der Waals surface area contributed by atoms with Crippen LogP contribution in [-0.4, -0.2) is 39.1 Å². The quantitative estimate of drug-likeness (QED) is 0.834. The van der Waals surface area contributed by atoms with Crippen LogP contribution >= 0.6 is 11.8 Å². The van der Waals surface area contributed by atoms with Crippen LogP contribution in [0.5, 0.6) is 0 Å². The van der Waals surface area contributed by atoms with E-state index < -0.39 is 12.0 Å². The Bertz CT molecular complexity index is 334. The number of carbonyl (C=O) groups is 2. The molecule has 0 aromatic heterocycles. The molecule has 4 atom stereocenters. The molecule has 4 unspecified atom stereocenters. The summed E-state index contributed by atoms with van der Waals surface area (Å²) in [7, 11) is 0. The molecule has 1 saturated heterocycles. The zero-order chi connectivity index (χ0) is 12.6. The number of amides is 1. The Hall–Kier alpha value is -0.710. The third-order valence-electron chi connectivity index (χ3n) is 3.59. The minimum atomic E-state index is -0.863. The molecule has 1 aliphatic heterocycles. The molecule has 2 rings (SSSR count). The van der Waals surface area contributed by atoms with Crippen LogP contribution in [0.25, 0.3) is 0 Å². The highest BCUT2D eigenvalue weighted by Crippen LogP contribution is 2.43. The predicted octanol–water partition coefficient (Wildman–Crippen LogP) is 1.80. The van der Waals surface area contributed by atoms with E-state index in [0.717, 1.165) is 19.3 Å². The lowest BCUT2D eigenvalue weighted by Crippen LogP contribution is -2.46. The van der Waals surface area contributed by atoms with Gasteiger partial charge in [-0.2, -0.15) is 0 Å². The predicted molar refractivity (Wildman–Crippen MR) is 66.7 cm³/mol. The van der Waals surface area contributed by atoms with E-state index in [0.29, 0.717) is 11.7 Å². The number of carbonyl (C=O) groups excluding carboxylic acids is 1. The Morgan fingerprint density at radius 2 is 2.12 bits per heavy atom. The van der Waals surface area contributed by atoms with Crippen LogP contribution in [0.1, 0.15) is 33.1 Å². The summed E-state index contributed by atoms with van der Waals surface area (Å²) in [5.74, 6) is 0.248. The van der Waals surface area contributed by atoms with Crippen molar-refractivity contribution in [3.05, 3.63) is 0 Å². The molecule has 1 heterocycles. The lowest BCUT2D eigenvalue weighted by atomic mass is 10.2. The second kappa shape index (κ2) is 4.88. The third-order valence-corrected chi connectivity index (χ3v) is 4.95. The zero-order valence-electron chi connectivity index (χ0n) is 10.3. The molecule has 96 valence electrons. The molecule has 0 bridgehead atoms. The van der Waals surface area contributed by atoms with Crippen LogP contribution in [0, 0.1) is 11.8 Å². The molecule has 1 aliphatic carbocycles. The van der Waals surface area contributed by atoms with Crippen LogP contribution in [0.2, 0.25) is 0 Å². The first-order valence-electron chi connectivity index (χ1n) is 6.22. The number of hydrogen-bond donors (Lipinski definition) is 1. The molecule has 2 aliphatic rings. The van der Waals surface area contributed by atoms with E-state index in [2.05, 4.69) is 13.8 Å². The van der Waals surface area contributed by atoms with Gasteiger partial charge in [0, 0.05) is 11.7 Å². The smallest absolute Gasteiger partial charge is 0.327 e. The molecule has 1 saturated carbocycles. The summed E-state index contributed by atoms with van der Waals surface area (Å²) in [6.07, 6.45) is 2.79. The summed E-state index contributed by atoms with van der Waals surface area (Å²) in [5.41, 5.74) is 0. The van der Waals surface area contributed by atoms with Gasteiger partial charge in [0.05, 0.1) is 5.37 Å². The molecule has 1 amide bonds. The lowest BCUT2D eigenvalue weighted by Gasteiger charge is -2.27. The highest BCUT2D eigenvalue weighted by Gasteiger charge is 2.48. The SMILES string of the molecule is CCCC1SCC(C(=O)O)N1C(=O)C1CC1C. The van der Waals surface area contributed by atoms with Crippen molar-refractivity contribution in [1.82, 2.24) is 4.90 Å². The fraction of sp³-hybridized carbons (Fsp3) is 0.833. The summed E-state index contributed by atoms with van der Waals surface area (Å²) in [4.78, 5) is 25.1. The average Bonchev–Trinajstić information content (AvgIpc) is 2.85. The van der Waals surface area contributed by atoms with Gasteiger partial charge in [-0.05, 0) is 18.8 Å². The van der Waals surface area contributed by atoms with E-state index in [1.807, 2.05) is 0 Å². The Balaban J connectivity index is 2.11. The molecule has 0 spiro atoms. The maximum absolute atomic E-state index is 12.3. The molecular weight excluding hydrogens is 238 g/mol. The highest BCUT2D eigenvalue weighted by molar-refractivity contribution is 8.00. The molecule has 4 nitrogen and oxygen atoms in total. The minimum Gasteiger partial charge on any atom is -0.480 e. The summed E-state index contributed by atoms with van der Waals surface area (Å²) in [6, 6.07) is -0.614. The topological polar surface area (TPSA) is 57.6 Å². The van der Waals surface area contributed by atoms with E-state index in [-0.39, 0.29) is 17.2 Å². The molecular formula is C12H19NO3S. The molecule has 0 radical (unpaired) electrons. The fourth-order valence-corrected chi connectivity index (χ4v) is 3.90. The largest absolute Gasteiger partial charge is 0.480 e. The molecule has 2 fully saturated rings. The van der Waals surface area contributed by atoms with Gasteiger partial charge in [-0.1, -0.05) is 20.3 Å². The van der Waals surface area contributed by atoms with Gasteiger partial charge >= 0.3 is 5.97 Å². The van der Waals surface area contributed by atoms with Crippen molar-refractivity contribution in [2.75, 3.05) is 5.75 Å². The maximum atomic E-state index is 12.3. The number of rotatable bonds is 4. The van der Waals surface area contributed by atoms with Gasteiger partial charge in [0.1, 0.15) is 6.04 Å². The summed E-state index contributed by atoms with van der Waals surface area (Å²) in [6.45, 7) is 4.12. The third kappa shape index (κ3) is 2.44. The van der Waals surface area contributed by atoms with Gasteiger partial charge in [0.2, 0.25) is 5.91 Å². The molecule has 5 heteroatoms. The maximum Gasteiger partial charge on any atom is 0.327 e. The van der Waals surface area contributed by atoms with Gasteiger partial charge in [-0.25, -0.2) is 4.79 Å². The monoisotopic (exact) mass is 257 g/mol. The Morgan fingerprint density at radius 1 is 1.47 bits per heavy atom. The number of carboxylic acids is 1. The Labute approximate surface area is 106 Å². The van der Waals surface area contributed by atoms with Gasteiger partial charge < -0.3 is 10.0 Å². The first-order valence-corrected chi connectivity index (χ1v) is 7.27. The van der Waals surface area contributed by atoms with Crippen molar-refractivity contribution in [1.29, 1.82) is 0 Å². The number of nitrogens with zero attached hydrogens (tertiary/aromatic N) is 1. The van der Waals surface area contributed by atoms with E-state index in [1.165, 1.54) is 0 Å². The molecule has 17 heavy (non-hydrogen) atoms. The highest BCUT2D eigenvalue weighted by atomic mass is 32.2. The van der Waals surface area contributed by atoms with Gasteiger partial charge in [-0.3, -0.25) is 4.79 Å². The normalized spacial score (nSPS) is 36.0. The standard InChI is InChI=1S/C12H19NO3S/c1-3-4-10-13(9(6-17-10)12(15)16)11(14)8-5-7(8)2/h7-10H,3-6H2,1-2H3,(H,15,16). The first-order chi connectivity index (χ1) is 8.06. The molecule has 1 N–H and O–H groups in total. The van der Waals surface area contributed by atoms with Crippen LogP contribution in [0.4, 0.5) is 0 Å². The van der Waals surface area contributed by atoms with Crippen LogP contribution < -0.4 is 0 Å². The van der Waals surface area contributed by atoms with Crippen LogP contribution in [-0.2, 0) is 9.59 Å². The molecule has 0 aromatic rings. The number of aliphatic carboxylic acids is 1. The van der Waals surface area contributed by atoms with Gasteiger partial charge in [0.15, 0.2) is 0 Å². The fourth-order valence-electron chi connectivity index (χ4n) is 2.38. The van der Waals surface area contributed by atoms with Crippen molar-refractivity contribution in [2.24, 2.45) is 11.8 Å². The van der Waals surface area contributed by atoms with Gasteiger partial charge in [-0.15, -0.1) is 11.8 Å². The first kappa shape index (κ1) is 12.7. The van der Waals surface area contributed by atoms with Crippen molar-refractivity contribution < 1.29 is 14.7 Å². The van der Waals surface area contributed by atoms with E-state index in [9.17, 15) is 14.7 Å². The summed E-state index contributed by atoms with van der Waals surface area (Å²) >= 11 is 1.61. The number of thioether (sulfide) groups is 1. The summed E-state index contributed by atoms with van der Waals surface area (Å²) < 4.78 is 0. The number of hydrogen-bond acceptors (Lipinski definition) is 3.